The van der Waals surface area contributed by atoms with Crippen molar-refractivity contribution >= 4 is 28.3 Å². The third kappa shape index (κ3) is 1.86. The minimum atomic E-state index is -0.0228. The van der Waals surface area contributed by atoms with Crippen molar-refractivity contribution in [1.82, 2.24) is 4.98 Å². The molecule has 2 aromatic heterocycles. The van der Waals surface area contributed by atoms with Gasteiger partial charge in [0.1, 0.15) is 11.5 Å². The van der Waals surface area contributed by atoms with E-state index in [4.69, 9.17) is 16.0 Å². The summed E-state index contributed by atoms with van der Waals surface area (Å²) in [7, 11) is 0. The third-order valence-electron chi connectivity index (χ3n) is 3.68. The Kier molecular flexibility index (Phi) is 2.94. The smallest absolute Gasteiger partial charge is 0.198 e. The lowest BCUT2D eigenvalue weighted by Crippen LogP contribution is -2.02. The van der Waals surface area contributed by atoms with Gasteiger partial charge in [0.25, 0.3) is 0 Å². The molecule has 0 saturated carbocycles. The van der Waals surface area contributed by atoms with Crippen LogP contribution < -0.4 is 0 Å². The van der Waals surface area contributed by atoms with Crippen molar-refractivity contribution < 1.29 is 9.21 Å². The first kappa shape index (κ1) is 13.0. The molecule has 1 aromatic carbocycles. The van der Waals surface area contributed by atoms with Crippen molar-refractivity contribution in [3.05, 3.63) is 57.6 Å². The van der Waals surface area contributed by atoms with Crippen molar-refractivity contribution in [2.45, 2.75) is 20.8 Å². The van der Waals surface area contributed by atoms with Gasteiger partial charge in [0.15, 0.2) is 5.78 Å². The van der Waals surface area contributed by atoms with Crippen LogP contribution in [0.3, 0.4) is 0 Å². The third-order valence-corrected chi connectivity index (χ3v) is 3.91. The van der Waals surface area contributed by atoms with Gasteiger partial charge in [-0.3, -0.25) is 4.79 Å². The maximum Gasteiger partial charge on any atom is 0.198 e. The summed E-state index contributed by atoms with van der Waals surface area (Å²) in [5.74, 6) is 1.42. The van der Waals surface area contributed by atoms with Crippen LogP contribution in [-0.4, -0.2) is 10.8 Å². The van der Waals surface area contributed by atoms with Crippen molar-refractivity contribution in [1.29, 1.82) is 0 Å². The first-order chi connectivity index (χ1) is 9.49. The number of benzene rings is 1. The molecule has 0 saturated heterocycles. The summed E-state index contributed by atoms with van der Waals surface area (Å²) in [6, 6.07) is 5.46. The Morgan fingerprint density at radius 2 is 1.95 bits per heavy atom. The summed E-state index contributed by atoms with van der Waals surface area (Å²) in [5, 5.41) is 1.52. The second kappa shape index (κ2) is 4.53. The number of carbonyl (C=O) groups is 1. The Morgan fingerprint density at radius 3 is 2.60 bits per heavy atom. The highest BCUT2D eigenvalue weighted by Gasteiger charge is 2.22. The quantitative estimate of drug-likeness (QED) is 0.702. The molecule has 3 aromatic rings. The monoisotopic (exact) mass is 287 g/mol. The summed E-state index contributed by atoms with van der Waals surface area (Å²) in [4.78, 5) is 15.8. The van der Waals surface area contributed by atoms with Crippen LogP contribution in [0.1, 0.15) is 33.0 Å². The minimum absolute atomic E-state index is 0.0228. The lowest BCUT2D eigenvalue weighted by Gasteiger charge is -2.00. The number of nitrogens with one attached hydrogen (secondary N) is 1. The van der Waals surface area contributed by atoms with Crippen molar-refractivity contribution in [3.8, 4) is 0 Å². The van der Waals surface area contributed by atoms with Gasteiger partial charge in [0, 0.05) is 33.2 Å². The largest absolute Gasteiger partial charge is 0.466 e. The van der Waals surface area contributed by atoms with E-state index >= 15 is 0 Å². The molecule has 0 atom stereocenters. The van der Waals surface area contributed by atoms with Crippen LogP contribution in [-0.2, 0) is 0 Å². The molecule has 4 heteroatoms. The molecule has 0 aliphatic carbocycles. The molecule has 0 bridgehead atoms. The number of hydrogen-bond donors (Lipinski definition) is 1. The SMILES string of the molecule is Cc1oc(C)c(C(=O)c2c[nH]c3cc(Cl)ccc23)c1C. The zero-order valence-corrected chi connectivity index (χ0v) is 12.3. The summed E-state index contributed by atoms with van der Waals surface area (Å²) < 4.78 is 5.54. The maximum atomic E-state index is 12.7. The maximum absolute atomic E-state index is 12.7. The highest BCUT2D eigenvalue weighted by Crippen LogP contribution is 2.28. The number of furan rings is 1. The van der Waals surface area contributed by atoms with Gasteiger partial charge in [0.05, 0.1) is 5.56 Å². The van der Waals surface area contributed by atoms with Crippen LogP contribution in [0.15, 0.2) is 28.8 Å². The molecule has 102 valence electrons. The van der Waals surface area contributed by atoms with E-state index in [1.165, 1.54) is 0 Å². The Bertz CT molecular complexity index is 826. The molecular formula is C16H14ClNO2. The van der Waals surface area contributed by atoms with Gasteiger partial charge in [-0.25, -0.2) is 0 Å². The summed E-state index contributed by atoms with van der Waals surface area (Å²) in [6.07, 6.45) is 1.73. The molecule has 3 nitrogen and oxygen atoms in total. The first-order valence-corrected chi connectivity index (χ1v) is 6.74. The average Bonchev–Trinajstić information content (AvgIpc) is 2.91. The zero-order chi connectivity index (χ0) is 14.4. The van der Waals surface area contributed by atoms with Gasteiger partial charge in [0.2, 0.25) is 0 Å². The van der Waals surface area contributed by atoms with Crippen LogP contribution in [0, 0.1) is 20.8 Å². The normalized spacial score (nSPS) is 11.2. The summed E-state index contributed by atoms with van der Waals surface area (Å²) in [6.45, 7) is 5.60. The Morgan fingerprint density at radius 1 is 1.20 bits per heavy atom. The van der Waals surface area contributed by atoms with Crippen molar-refractivity contribution in [3.63, 3.8) is 0 Å². The summed E-state index contributed by atoms with van der Waals surface area (Å²) >= 11 is 5.96. The molecule has 0 aliphatic heterocycles. The van der Waals surface area contributed by atoms with Crippen LogP contribution in [0.25, 0.3) is 10.9 Å². The predicted molar refractivity (Wildman–Crippen MR) is 79.7 cm³/mol. The van der Waals surface area contributed by atoms with Gasteiger partial charge in [-0.15, -0.1) is 0 Å². The summed E-state index contributed by atoms with van der Waals surface area (Å²) in [5.41, 5.74) is 3.05. The predicted octanol–water partition coefficient (Wildman–Crippen LogP) is 4.57. The molecule has 0 aliphatic rings. The van der Waals surface area contributed by atoms with E-state index < -0.39 is 0 Å². The molecule has 2 heterocycles. The van der Waals surface area contributed by atoms with E-state index in [0.29, 0.717) is 21.9 Å². The molecule has 0 radical (unpaired) electrons. The van der Waals surface area contributed by atoms with E-state index in [-0.39, 0.29) is 5.78 Å². The van der Waals surface area contributed by atoms with E-state index in [1.807, 2.05) is 32.9 Å². The number of carbonyl (C=O) groups excluding carboxylic acids is 1. The number of aryl methyl sites for hydroxylation is 2. The van der Waals surface area contributed by atoms with Crippen LogP contribution in [0.2, 0.25) is 5.02 Å². The second-order valence-corrected chi connectivity index (χ2v) is 5.37. The second-order valence-electron chi connectivity index (χ2n) is 4.94. The lowest BCUT2D eigenvalue weighted by molar-refractivity contribution is 0.103. The van der Waals surface area contributed by atoms with Crippen LogP contribution >= 0.6 is 11.6 Å². The van der Waals surface area contributed by atoms with E-state index in [9.17, 15) is 4.79 Å². The van der Waals surface area contributed by atoms with Crippen LogP contribution in [0.4, 0.5) is 0 Å². The number of halogens is 1. The number of aromatic amines is 1. The van der Waals surface area contributed by atoms with Gasteiger partial charge in [-0.2, -0.15) is 0 Å². The van der Waals surface area contributed by atoms with Gasteiger partial charge < -0.3 is 9.40 Å². The molecule has 0 fully saturated rings. The number of rotatable bonds is 2. The van der Waals surface area contributed by atoms with Gasteiger partial charge in [-0.05, 0) is 32.9 Å². The first-order valence-electron chi connectivity index (χ1n) is 6.37. The Hall–Kier alpha value is -2.00. The molecule has 0 unspecified atom stereocenters. The number of hydrogen-bond acceptors (Lipinski definition) is 2. The van der Waals surface area contributed by atoms with Crippen molar-refractivity contribution in [2.24, 2.45) is 0 Å². The highest BCUT2D eigenvalue weighted by molar-refractivity contribution is 6.31. The fraction of sp³-hybridized carbons (Fsp3) is 0.188. The van der Waals surface area contributed by atoms with Gasteiger partial charge >= 0.3 is 0 Å². The minimum Gasteiger partial charge on any atom is -0.466 e. The van der Waals surface area contributed by atoms with E-state index in [0.717, 1.165) is 22.2 Å². The fourth-order valence-corrected chi connectivity index (χ4v) is 2.72. The highest BCUT2D eigenvalue weighted by atomic mass is 35.5. The molecule has 1 N–H and O–H groups in total. The van der Waals surface area contributed by atoms with Crippen LogP contribution in [0.5, 0.6) is 0 Å². The lowest BCUT2D eigenvalue weighted by atomic mass is 9.99. The molecular weight excluding hydrogens is 274 g/mol. The number of aromatic nitrogens is 1. The Labute approximate surface area is 121 Å². The molecule has 0 spiro atoms. The molecule has 3 rings (SSSR count). The number of fused-ring (bicyclic) bond motifs is 1. The topological polar surface area (TPSA) is 46.0 Å². The Balaban J connectivity index is 2.18. The standard InChI is InChI=1S/C16H14ClNO2/c1-8-9(2)20-10(3)15(8)16(19)13-7-18-14-6-11(17)4-5-12(13)14/h4-7,18H,1-3H3. The van der Waals surface area contributed by atoms with E-state index in [1.54, 1.807) is 12.3 Å². The van der Waals surface area contributed by atoms with E-state index in [2.05, 4.69) is 4.98 Å². The van der Waals surface area contributed by atoms with Crippen molar-refractivity contribution in [2.75, 3.05) is 0 Å². The number of H-pyrrole nitrogens is 1. The van der Waals surface area contributed by atoms with Gasteiger partial charge in [-0.1, -0.05) is 17.7 Å². The molecule has 20 heavy (non-hydrogen) atoms. The number of ketones is 1. The average molecular weight is 288 g/mol. The molecule has 0 amide bonds. The fourth-order valence-electron chi connectivity index (χ4n) is 2.55. The zero-order valence-electron chi connectivity index (χ0n) is 11.5.